The molecule has 1 aliphatic heterocycles. The van der Waals surface area contributed by atoms with Crippen LogP contribution in [-0.2, 0) is 17.8 Å². The van der Waals surface area contributed by atoms with Gasteiger partial charge in [0, 0.05) is 41.2 Å². The van der Waals surface area contributed by atoms with Gasteiger partial charge in [-0.3, -0.25) is 4.79 Å². The second kappa shape index (κ2) is 12.3. The first-order valence-corrected chi connectivity index (χ1v) is 13.3. The summed E-state index contributed by atoms with van der Waals surface area (Å²) >= 11 is 5.95. The van der Waals surface area contributed by atoms with E-state index in [4.69, 9.17) is 11.6 Å². The van der Waals surface area contributed by atoms with Crippen LogP contribution in [0.25, 0.3) is 10.9 Å². The van der Waals surface area contributed by atoms with Crippen LogP contribution < -0.4 is 5.32 Å². The Labute approximate surface area is 220 Å². The molecule has 6 heteroatoms. The first kappa shape index (κ1) is 26.1. The lowest BCUT2D eigenvalue weighted by atomic mass is 9.90. The fourth-order valence-corrected chi connectivity index (χ4v) is 5.11. The van der Waals surface area contributed by atoms with Crippen LogP contribution >= 0.6 is 11.6 Å². The zero-order valence-electron chi connectivity index (χ0n) is 21.7. The van der Waals surface area contributed by atoms with Gasteiger partial charge >= 0.3 is 0 Å². The summed E-state index contributed by atoms with van der Waals surface area (Å²) in [6.45, 7) is 5.93. The molecule has 1 aliphatic rings. The van der Waals surface area contributed by atoms with E-state index in [9.17, 15) is 4.79 Å². The van der Waals surface area contributed by atoms with E-state index in [1.54, 1.807) is 0 Å². The number of hydrogen-bond donors (Lipinski definition) is 1. The number of likely N-dealkylation sites (tertiary alicyclic amines) is 1. The van der Waals surface area contributed by atoms with E-state index in [1.165, 1.54) is 22.9 Å². The lowest BCUT2D eigenvalue weighted by Gasteiger charge is -2.32. The third-order valence-electron chi connectivity index (χ3n) is 6.98. The largest absolute Gasteiger partial charge is 0.374 e. The molecule has 1 aromatic heterocycles. The van der Waals surface area contributed by atoms with Gasteiger partial charge < -0.3 is 19.7 Å². The van der Waals surface area contributed by atoms with Crippen molar-refractivity contribution in [2.45, 2.75) is 39.2 Å². The second-order valence-electron chi connectivity index (χ2n) is 9.93. The molecule has 0 spiro atoms. The number of likely N-dealkylation sites (N-methyl/N-ethyl adjacent to an activating group) is 1. The van der Waals surface area contributed by atoms with Gasteiger partial charge in [0.05, 0.1) is 18.8 Å². The zero-order chi connectivity index (χ0) is 25.5. The summed E-state index contributed by atoms with van der Waals surface area (Å²) in [7, 11) is 3.90. The molecule has 2 aromatic carbocycles. The van der Waals surface area contributed by atoms with E-state index in [0.717, 1.165) is 55.3 Å². The van der Waals surface area contributed by atoms with Gasteiger partial charge in [0.1, 0.15) is 0 Å². The lowest BCUT2D eigenvalue weighted by Crippen LogP contribution is -2.42. The molecular formula is C30H37ClN4O. The zero-order valence-corrected chi connectivity index (χ0v) is 22.4. The summed E-state index contributed by atoms with van der Waals surface area (Å²) in [5, 5.41) is 5.31. The van der Waals surface area contributed by atoms with E-state index in [2.05, 4.69) is 52.9 Å². The number of aromatic nitrogens is 1. The molecule has 1 saturated heterocycles. The number of anilines is 1. The van der Waals surface area contributed by atoms with Gasteiger partial charge in [-0.25, -0.2) is 0 Å². The summed E-state index contributed by atoms with van der Waals surface area (Å²) < 4.78 is 2.29. The maximum Gasteiger partial charge on any atom is 0.236 e. The fraction of sp³-hybridized carbons (Fsp3) is 0.433. The minimum Gasteiger partial charge on any atom is -0.374 e. The average molecular weight is 505 g/mol. The normalized spacial score (nSPS) is 14.2. The van der Waals surface area contributed by atoms with Crippen LogP contribution in [-0.4, -0.2) is 60.5 Å². The number of halogens is 1. The fourth-order valence-electron chi connectivity index (χ4n) is 4.98. The lowest BCUT2D eigenvalue weighted by molar-refractivity contribution is -0.133. The highest BCUT2D eigenvalue weighted by Crippen LogP contribution is 2.25. The summed E-state index contributed by atoms with van der Waals surface area (Å²) in [5.41, 5.74) is 4.69. The standard InChI is InChI=1S/C30H37ClN4O/c1-4-35-28(6-5-17-32-27-12-10-26(31)11-13-27)21-25-20-24(9-14-29(25)35)8-7-23-15-18-34(19-16-23)30(36)22-33(2)3/h9-14,20-21,23,32H,4,7-8,15-19,22H2,1-3H3. The smallest absolute Gasteiger partial charge is 0.236 e. The third kappa shape index (κ3) is 6.84. The Balaban J connectivity index is 1.33. The van der Waals surface area contributed by atoms with Crippen LogP contribution in [0.5, 0.6) is 0 Å². The van der Waals surface area contributed by atoms with Crippen LogP contribution in [0.3, 0.4) is 0 Å². The molecule has 0 saturated carbocycles. The molecule has 5 nitrogen and oxygen atoms in total. The average Bonchev–Trinajstić information content (AvgIpc) is 3.23. The molecule has 190 valence electrons. The monoisotopic (exact) mass is 504 g/mol. The Hall–Kier alpha value is -2.94. The van der Waals surface area contributed by atoms with Crippen LogP contribution in [0, 0.1) is 17.8 Å². The first-order chi connectivity index (χ1) is 17.4. The van der Waals surface area contributed by atoms with Gasteiger partial charge in [0.2, 0.25) is 5.91 Å². The Morgan fingerprint density at radius 3 is 2.56 bits per heavy atom. The second-order valence-corrected chi connectivity index (χ2v) is 10.4. The molecule has 36 heavy (non-hydrogen) atoms. The maximum atomic E-state index is 12.3. The molecule has 0 atom stereocenters. The van der Waals surface area contributed by atoms with Crippen LogP contribution in [0.1, 0.15) is 37.4 Å². The predicted octanol–water partition coefficient (Wildman–Crippen LogP) is 5.51. The minimum absolute atomic E-state index is 0.254. The van der Waals surface area contributed by atoms with Crippen molar-refractivity contribution in [2.24, 2.45) is 5.92 Å². The Morgan fingerprint density at radius 2 is 1.86 bits per heavy atom. The summed E-state index contributed by atoms with van der Waals surface area (Å²) in [4.78, 5) is 16.3. The van der Waals surface area contributed by atoms with E-state index in [-0.39, 0.29) is 5.91 Å². The highest BCUT2D eigenvalue weighted by atomic mass is 35.5. The quantitative estimate of drug-likeness (QED) is 0.411. The van der Waals surface area contributed by atoms with E-state index in [0.29, 0.717) is 19.0 Å². The van der Waals surface area contributed by atoms with Crippen molar-refractivity contribution in [3.8, 4) is 11.8 Å². The number of nitrogens with one attached hydrogen (secondary N) is 1. The number of amides is 1. The Kier molecular flexibility index (Phi) is 8.96. The van der Waals surface area contributed by atoms with Gasteiger partial charge in [0.15, 0.2) is 0 Å². The number of carbonyl (C=O) groups excluding carboxylic acids is 1. The van der Waals surface area contributed by atoms with Crippen molar-refractivity contribution in [1.82, 2.24) is 14.4 Å². The number of carbonyl (C=O) groups is 1. The van der Waals surface area contributed by atoms with Gasteiger partial charge in [-0.1, -0.05) is 23.6 Å². The summed E-state index contributed by atoms with van der Waals surface area (Å²) in [6, 6.07) is 16.7. The number of fused-ring (bicyclic) bond motifs is 1. The van der Waals surface area contributed by atoms with Gasteiger partial charge in [-0.15, -0.1) is 0 Å². The SMILES string of the molecule is CCn1c(C#CCNc2ccc(Cl)cc2)cc2cc(CCC3CCN(C(=O)CN(C)C)CC3)ccc21. The number of hydrogen-bond acceptors (Lipinski definition) is 3. The Bertz CT molecular complexity index is 1230. The molecule has 2 heterocycles. The molecule has 3 aromatic rings. The molecule has 0 aliphatic carbocycles. The predicted molar refractivity (Wildman–Crippen MR) is 151 cm³/mol. The van der Waals surface area contributed by atoms with Crippen LogP contribution in [0.2, 0.25) is 5.02 Å². The van der Waals surface area contributed by atoms with Crippen molar-refractivity contribution in [1.29, 1.82) is 0 Å². The molecule has 0 bridgehead atoms. The molecule has 0 radical (unpaired) electrons. The van der Waals surface area contributed by atoms with Gasteiger partial charge in [0.25, 0.3) is 0 Å². The molecular weight excluding hydrogens is 468 g/mol. The van der Waals surface area contributed by atoms with Crippen molar-refractivity contribution < 1.29 is 4.79 Å². The number of nitrogens with zero attached hydrogens (tertiary/aromatic N) is 3. The molecule has 1 amide bonds. The summed E-state index contributed by atoms with van der Waals surface area (Å²) in [6.07, 6.45) is 4.48. The number of piperidine rings is 1. The van der Waals surface area contributed by atoms with Crippen LogP contribution in [0.4, 0.5) is 5.69 Å². The van der Waals surface area contributed by atoms with Crippen molar-refractivity contribution in [3.05, 3.63) is 64.8 Å². The van der Waals surface area contributed by atoms with Crippen molar-refractivity contribution in [3.63, 3.8) is 0 Å². The molecule has 0 unspecified atom stereocenters. The number of benzene rings is 2. The van der Waals surface area contributed by atoms with Crippen LogP contribution in [0.15, 0.2) is 48.5 Å². The highest BCUT2D eigenvalue weighted by molar-refractivity contribution is 6.30. The van der Waals surface area contributed by atoms with E-state index >= 15 is 0 Å². The molecule has 1 N–H and O–H groups in total. The maximum absolute atomic E-state index is 12.3. The van der Waals surface area contributed by atoms with Gasteiger partial charge in [-0.2, -0.15) is 0 Å². The van der Waals surface area contributed by atoms with Crippen molar-refractivity contribution >= 4 is 34.1 Å². The van der Waals surface area contributed by atoms with Gasteiger partial charge in [-0.05, 0) is 107 Å². The van der Waals surface area contributed by atoms with E-state index < -0.39 is 0 Å². The topological polar surface area (TPSA) is 40.5 Å². The van der Waals surface area contributed by atoms with E-state index in [1.807, 2.05) is 48.2 Å². The third-order valence-corrected chi connectivity index (χ3v) is 7.24. The molecule has 1 fully saturated rings. The summed E-state index contributed by atoms with van der Waals surface area (Å²) in [5.74, 6) is 7.56. The number of aryl methyl sites for hydroxylation is 2. The first-order valence-electron chi connectivity index (χ1n) is 13.0. The minimum atomic E-state index is 0.254. The Morgan fingerprint density at radius 1 is 1.11 bits per heavy atom. The molecule has 4 rings (SSSR count). The van der Waals surface area contributed by atoms with Crippen molar-refractivity contribution in [2.75, 3.05) is 45.6 Å². The highest BCUT2D eigenvalue weighted by Gasteiger charge is 2.22. The number of rotatable bonds is 8.